The second-order valence-corrected chi connectivity index (χ2v) is 0. The Morgan fingerprint density at radius 1 is 0.750 bits per heavy atom. The SMILES string of the molecule is [Eu+3].[O-2].[O-2].[Ti+4]. The van der Waals surface area contributed by atoms with Gasteiger partial charge in [-0.1, -0.05) is 0 Å². The second-order valence-electron chi connectivity index (χ2n) is 0. The van der Waals surface area contributed by atoms with Crippen molar-refractivity contribution in [1.82, 2.24) is 0 Å². The molecule has 0 rings (SSSR count). The van der Waals surface area contributed by atoms with Gasteiger partial charge in [-0.3, -0.25) is 0 Å². The molecule has 0 aliphatic rings. The molecule has 0 aromatic heterocycles. The molecule has 0 amide bonds. The Morgan fingerprint density at radius 2 is 0.750 bits per heavy atom. The van der Waals surface area contributed by atoms with Crippen molar-refractivity contribution in [2.45, 2.75) is 0 Å². The first kappa shape index (κ1) is 34.4. The van der Waals surface area contributed by atoms with Gasteiger partial charge in [-0.2, -0.15) is 0 Å². The summed E-state index contributed by atoms with van der Waals surface area (Å²) in [6.45, 7) is 0. The minimum absolute atomic E-state index is 0. The zero-order valence-corrected chi connectivity index (χ0v) is 5.68. The summed E-state index contributed by atoms with van der Waals surface area (Å²) in [6, 6.07) is 0. The number of hydrogen-bond donors (Lipinski definition) is 0. The zero-order chi connectivity index (χ0) is 0. The molecule has 2 nitrogen and oxygen atoms in total. The first-order valence-corrected chi connectivity index (χ1v) is 0. The Morgan fingerprint density at radius 3 is 0.750 bits per heavy atom. The Kier molecular flexibility index (Phi) is 162. The van der Waals surface area contributed by atoms with E-state index in [0.29, 0.717) is 0 Å². The van der Waals surface area contributed by atoms with E-state index in [-0.39, 0.29) is 82.0 Å². The van der Waals surface area contributed by atoms with E-state index in [9.17, 15) is 0 Å². The van der Waals surface area contributed by atoms with Crippen molar-refractivity contribution in [1.29, 1.82) is 0 Å². The van der Waals surface area contributed by atoms with Crippen molar-refractivity contribution in [3.8, 4) is 0 Å². The van der Waals surface area contributed by atoms with E-state index in [0.717, 1.165) is 0 Å². The summed E-state index contributed by atoms with van der Waals surface area (Å²) >= 11 is 0. The van der Waals surface area contributed by atoms with Crippen LogP contribution in [0, 0.1) is 49.4 Å². The predicted molar refractivity (Wildman–Crippen MR) is 1.37 cm³/mol. The third kappa shape index (κ3) is 8.88. The van der Waals surface area contributed by atoms with Crippen LogP contribution in [-0.4, -0.2) is 0 Å². The van der Waals surface area contributed by atoms with Gasteiger partial charge in [0, 0.05) is 0 Å². The standard InChI is InChI=1S/Eu.2O.Ti/q+3;2*-2;+4. The van der Waals surface area contributed by atoms with E-state index >= 15 is 0 Å². The van der Waals surface area contributed by atoms with Crippen molar-refractivity contribution < 1.29 is 82.0 Å². The number of rotatable bonds is 0. The fourth-order valence-electron chi connectivity index (χ4n) is 0. The molecule has 0 unspecified atom stereocenters. The van der Waals surface area contributed by atoms with Crippen LogP contribution in [0.15, 0.2) is 0 Å². The van der Waals surface area contributed by atoms with Crippen LogP contribution in [-0.2, 0) is 32.7 Å². The molecular weight excluding hydrogens is 232 g/mol. The zero-order valence-electron chi connectivity index (χ0n) is 1.69. The van der Waals surface area contributed by atoms with Gasteiger partial charge in [0.2, 0.25) is 0 Å². The van der Waals surface area contributed by atoms with Gasteiger partial charge in [-0.25, -0.2) is 0 Å². The summed E-state index contributed by atoms with van der Waals surface area (Å²) in [4.78, 5) is 0. The smallest absolute Gasteiger partial charge is 2.00 e. The van der Waals surface area contributed by atoms with Crippen molar-refractivity contribution in [3.05, 3.63) is 0 Å². The van der Waals surface area contributed by atoms with Crippen LogP contribution in [0.2, 0.25) is 0 Å². The molecule has 0 aromatic carbocycles. The van der Waals surface area contributed by atoms with Gasteiger partial charge in [0.15, 0.2) is 0 Å². The molecule has 0 heterocycles. The van der Waals surface area contributed by atoms with Gasteiger partial charge in [0.1, 0.15) is 0 Å². The Hall–Kier alpha value is 2.22. The summed E-state index contributed by atoms with van der Waals surface area (Å²) in [7, 11) is 0. The fourth-order valence-corrected chi connectivity index (χ4v) is 0. The van der Waals surface area contributed by atoms with Crippen LogP contribution < -0.4 is 0 Å². The Balaban J connectivity index is 0. The molecule has 0 saturated carbocycles. The van der Waals surface area contributed by atoms with Crippen LogP contribution in [0.4, 0.5) is 0 Å². The first-order chi connectivity index (χ1) is 0. The van der Waals surface area contributed by atoms with Crippen molar-refractivity contribution >= 4 is 0 Å². The van der Waals surface area contributed by atoms with Gasteiger partial charge < -0.3 is 11.0 Å². The van der Waals surface area contributed by atoms with E-state index < -0.39 is 0 Å². The van der Waals surface area contributed by atoms with Crippen molar-refractivity contribution in [2.75, 3.05) is 0 Å². The van der Waals surface area contributed by atoms with Crippen LogP contribution in [0.5, 0.6) is 0 Å². The molecule has 0 aliphatic carbocycles. The van der Waals surface area contributed by atoms with Gasteiger partial charge in [0.25, 0.3) is 0 Å². The molecule has 0 bridgehead atoms. The van der Waals surface area contributed by atoms with Crippen LogP contribution >= 0.6 is 0 Å². The van der Waals surface area contributed by atoms with Gasteiger partial charge >= 0.3 is 71.1 Å². The molecule has 0 spiro atoms. The molecule has 0 aromatic rings. The average Bonchev–Trinajstić information content (AvgIpc) is 0. The van der Waals surface area contributed by atoms with Gasteiger partial charge in [0.05, 0.1) is 0 Å². The predicted octanol–water partition coefficient (Wildman–Crippen LogP) is -0.240. The third-order valence-electron chi connectivity index (χ3n) is 0. The minimum Gasteiger partial charge on any atom is -2.00 e. The molecule has 0 saturated heterocycles. The van der Waals surface area contributed by atoms with E-state index in [1.807, 2.05) is 0 Å². The van der Waals surface area contributed by atoms with E-state index in [2.05, 4.69) is 0 Å². The first-order valence-electron chi connectivity index (χ1n) is 0. The normalized spacial score (nSPS) is 0. The van der Waals surface area contributed by atoms with Crippen LogP contribution in [0.1, 0.15) is 0 Å². The Labute approximate surface area is 80.4 Å². The van der Waals surface area contributed by atoms with Crippen molar-refractivity contribution in [3.63, 3.8) is 0 Å². The maximum absolute atomic E-state index is 0. The summed E-state index contributed by atoms with van der Waals surface area (Å²) in [5, 5.41) is 0. The summed E-state index contributed by atoms with van der Waals surface area (Å²) in [5.41, 5.74) is 0. The topological polar surface area (TPSA) is 57.0 Å². The van der Waals surface area contributed by atoms with E-state index in [1.54, 1.807) is 0 Å². The molecule has 0 fully saturated rings. The monoisotopic (exact) mass is 233 g/mol. The van der Waals surface area contributed by atoms with Gasteiger partial charge in [-0.15, -0.1) is 0 Å². The van der Waals surface area contributed by atoms with Gasteiger partial charge in [-0.05, 0) is 0 Å². The Bertz CT molecular complexity index is 6.00. The van der Waals surface area contributed by atoms with Crippen LogP contribution in [0.3, 0.4) is 0 Å². The molecular formula is EuO2Ti+3. The average molecular weight is 232 g/mol. The molecule has 0 N–H and O–H groups in total. The number of hydrogen-bond acceptors (Lipinski definition) is 0. The summed E-state index contributed by atoms with van der Waals surface area (Å²) < 4.78 is 0. The van der Waals surface area contributed by atoms with E-state index in [4.69, 9.17) is 0 Å². The quantitative estimate of drug-likeness (QED) is 0.517. The third-order valence-corrected chi connectivity index (χ3v) is 0. The second kappa shape index (κ2) is 18.9. The van der Waals surface area contributed by atoms with Crippen LogP contribution in [0.25, 0.3) is 0 Å². The summed E-state index contributed by atoms with van der Waals surface area (Å²) in [6.07, 6.45) is 0. The molecule has 0 atom stereocenters. The van der Waals surface area contributed by atoms with Crippen molar-refractivity contribution in [2.24, 2.45) is 0 Å². The summed E-state index contributed by atoms with van der Waals surface area (Å²) in [5.74, 6) is 0. The fraction of sp³-hybridized carbons (Fsp3) is 0. The minimum atomic E-state index is 0. The van der Waals surface area contributed by atoms with E-state index in [1.165, 1.54) is 0 Å². The molecule has 20 valence electrons. The maximum atomic E-state index is 0. The largest absolute Gasteiger partial charge is 4.00 e. The molecule has 4 heavy (non-hydrogen) atoms. The molecule has 4 heteroatoms. The molecule has 0 radical (unpaired) electrons. The maximum Gasteiger partial charge on any atom is 4.00 e. The molecule has 0 aliphatic heterocycles.